The number of benzene rings is 1. The van der Waals surface area contributed by atoms with Crippen molar-refractivity contribution in [1.29, 1.82) is 0 Å². The van der Waals surface area contributed by atoms with Crippen molar-refractivity contribution in [3.8, 4) is 0 Å². The number of nitrogens with one attached hydrogen (secondary N) is 2. The molecule has 1 aromatic carbocycles. The fourth-order valence-corrected chi connectivity index (χ4v) is 3.38. The molecule has 2 N–H and O–H groups in total. The average Bonchev–Trinajstić information content (AvgIpc) is 3.15. The molecule has 1 aliphatic heterocycles. The van der Waals surface area contributed by atoms with Crippen molar-refractivity contribution in [1.82, 2.24) is 10.6 Å². The van der Waals surface area contributed by atoms with Crippen LogP contribution in [-0.4, -0.2) is 52.2 Å². The van der Waals surface area contributed by atoms with Gasteiger partial charge in [-0.3, -0.25) is 4.99 Å². The van der Waals surface area contributed by atoms with Crippen LogP contribution in [0.5, 0.6) is 0 Å². The summed E-state index contributed by atoms with van der Waals surface area (Å²) in [6.45, 7) is 4.63. The van der Waals surface area contributed by atoms with E-state index in [2.05, 4.69) is 15.6 Å². The van der Waals surface area contributed by atoms with Gasteiger partial charge >= 0.3 is 0 Å². The Kier molecular flexibility index (Phi) is 13.1. The van der Waals surface area contributed by atoms with Gasteiger partial charge in [-0.2, -0.15) is 11.8 Å². The van der Waals surface area contributed by atoms with E-state index in [1.807, 2.05) is 12.3 Å². The lowest BCUT2D eigenvalue weighted by atomic mass is 10.1. The maximum atomic E-state index is 13.4. The fraction of sp³-hybridized carbons (Fsp3) is 0.632. The van der Waals surface area contributed by atoms with Gasteiger partial charge < -0.3 is 20.1 Å². The van der Waals surface area contributed by atoms with Crippen molar-refractivity contribution in [2.75, 3.05) is 46.3 Å². The number of halogens is 2. The van der Waals surface area contributed by atoms with Gasteiger partial charge in [-0.15, -0.1) is 24.0 Å². The quantitative estimate of drug-likeness (QED) is 0.218. The minimum Gasteiger partial charge on any atom is -0.381 e. The minimum absolute atomic E-state index is 0. The molecule has 0 aromatic heterocycles. The molecule has 1 aliphatic rings. The number of guanidine groups is 1. The Balaban J connectivity index is 0.00000364. The van der Waals surface area contributed by atoms with Crippen molar-refractivity contribution in [3.63, 3.8) is 0 Å². The number of nitrogens with zero attached hydrogens (tertiary/aromatic N) is 1. The molecule has 5 nitrogen and oxygen atoms in total. The second kappa shape index (κ2) is 14.4. The first-order valence-corrected chi connectivity index (χ1v) is 10.5. The predicted octanol–water partition coefficient (Wildman–Crippen LogP) is 3.41. The molecule has 0 amide bonds. The highest BCUT2D eigenvalue weighted by Gasteiger charge is 2.15. The van der Waals surface area contributed by atoms with Crippen LogP contribution >= 0.6 is 35.7 Å². The lowest BCUT2D eigenvalue weighted by Gasteiger charge is -2.14. The topological polar surface area (TPSA) is 54.9 Å². The van der Waals surface area contributed by atoms with Gasteiger partial charge in [0.05, 0.1) is 13.2 Å². The van der Waals surface area contributed by atoms with Gasteiger partial charge in [-0.1, -0.05) is 6.07 Å². The highest BCUT2D eigenvalue weighted by Crippen LogP contribution is 2.16. The molecule has 0 bridgehead atoms. The Hall–Kier alpha value is -0.580. The van der Waals surface area contributed by atoms with E-state index in [0.717, 1.165) is 68.7 Å². The number of hydrogen-bond acceptors (Lipinski definition) is 4. The van der Waals surface area contributed by atoms with E-state index >= 15 is 0 Å². The molecule has 1 unspecified atom stereocenters. The fourth-order valence-electron chi connectivity index (χ4n) is 2.80. The summed E-state index contributed by atoms with van der Waals surface area (Å²) in [5.41, 5.74) is 2.11. The summed E-state index contributed by atoms with van der Waals surface area (Å²) in [6, 6.07) is 4.95. The maximum Gasteiger partial charge on any atom is 0.191 e. The molecule has 0 spiro atoms. The van der Waals surface area contributed by atoms with Gasteiger partial charge in [0.1, 0.15) is 5.82 Å². The normalized spacial score (nSPS) is 16.9. The molecule has 0 radical (unpaired) electrons. The van der Waals surface area contributed by atoms with E-state index in [9.17, 15) is 4.39 Å². The summed E-state index contributed by atoms with van der Waals surface area (Å²) < 4.78 is 24.5. The van der Waals surface area contributed by atoms with E-state index in [1.54, 1.807) is 24.9 Å². The first-order valence-electron chi connectivity index (χ1n) is 9.09. The molecule has 1 saturated heterocycles. The van der Waals surface area contributed by atoms with Gasteiger partial charge in [0.2, 0.25) is 0 Å². The van der Waals surface area contributed by atoms with E-state index in [1.165, 1.54) is 6.07 Å². The summed E-state index contributed by atoms with van der Waals surface area (Å²) in [7, 11) is 1.75. The van der Waals surface area contributed by atoms with Crippen LogP contribution in [0.4, 0.5) is 4.39 Å². The number of hydrogen-bond donors (Lipinski definition) is 2. The van der Waals surface area contributed by atoms with Crippen molar-refractivity contribution in [2.24, 2.45) is 10.9 Å². The van der Waals surface area contributed by atoms with Crippen LogP contribution in [0.25, 0.3) is 0 Å². The van der Waals surface area contributed by atoms with E-state index in [4.69, 9.17) is 9.47 Å². The van der Waals surface area contributed by atoms with Gasteiger partial charge in [-0.25, -0.2) is 4.39 Å². The second-order valence-electron chi connectivity index (χ2n) is 6.36. The molecule has 27 heavy (non-hydrogen) atoms. The summed E-state index contributed by atoms with van der Waals surface area (Å²) in [5.74, 6) is 1.91. The maximum absolute atomic E-state index is 13.4. The van der Waals surface area contributed by atoms with Gasteiger partial charge in [0.25, 0.3) is 0 Å². The Morgan fingerprint density at radius 3 is 2.93 bits per heavy atom. The van der Waals surface area contributed by atoms with Crippen LogP contribution in [0.15, 0.2) is 23.2 Å². The van der Waals surface area contributed by atoms with Crippen LogP contribution in [-0.2, 0) is 21.8 Å². The molecular formula is C19H31FIN3O2S. The van der Waals surface area contributed by atoms with Gasteiger partial charge in [0, 0.05) is 45.0 Å². The third-order valence-corrected chi connectivity index (χ3v) is 4.87. The number of ether oxygens (including phenoxy) is 2. The van der Waals surface area contributed by atoms with Gasteiger partial charge in [0.15, 0.2) is 5.96 Å². The molecule has 154 valence electrons. The molecule has 1 aromatic rings. The van der Waals surface area contributed by atoms with Crippen molar-refractivity contribution >= 4 is 41.7 Å². The number of aliphatic imine (C=N–C) groups is 1. The Morgan fingerprint density at radius 1 is 1.37 bits per heavy atom. The molecule has 0 saturated carbocycles. The molecule has 1 fully saturated rings. The Labute approximate surface area is 183 Å². The zero-order chi connectivity index (χ0) is 18.6. The summed E-state index contributed by atoms with van der Waals surface area (Å²) in [6.07, 6.45) is 4.05. The Morgan fingerprint density at radius 2 is 2.22 bits per heavy atom. The van der Waals surface area contributed by atoms with E-state index in [-0.39, 0.29) is 29.8 Å². The van der Waals surface area contributed by atoms with E-state index < -0.39 is 0 Å². The highest BCUT2D eigenvalue weighted by molar-refractivity contribution is 14.0. The third-order valence-electron chi connectivity index (χ3n) is 4.27. The first kappa shape index (κ1) is 24.5. The molecular weight excluding hydrogens is 480 g/mol. The predicted molar refractivity (Wildman–Crippen MR) is 122 cm³/mol. The smallest absolute Gasteiger partial charge is 0.191 e. The Bertz CT molecular complexity index is 572. The number of thioether (sulfide) groups is 1. The lowest BCUT2D eigenvalue weighted by Crippen LogP contribution is -2.37. The van der Waals surface area contributed by atoms with Crippen molar-refractivity contribution < 1.29 is 13.9 Å². The van der Waals surface area contributed by atoms with Gasteiger partial charge in [-0.05, 0) is 42.4 Å². The monoisotopic (exact) mass is 511 g/mol. The van der Waals surface area contributed by atoms with Crippen LogP contribution in [0.2, 0.25) is 0 Å². The van der Waals surface area contributed by atoms with Crippen molar-refractivity contribution in [2.45, 2.75) is 25.1 Å². The summed E-state index contributed by atoms with van der Waals surface area (Å²) >= 11 is 1.69. The molecule has 0 aliphatic carbocycles. The molecule has 2 rings (SSSR count). The number of rotatable bonds is 10. The SMILES string of the molecule is CN=C(NCCCOCC1CCOC1)NCc1ccc(F)cc1CSC.I. The third kappa shape index (κ3) is 9.45. The van der Waals surface area contributed by atoms with Crippen LogP contribution in [0.1, 0.15) is 24.0 Å². The zero-order valence-corrected chi connectivity index (χ0v) is 19.3. The second-order valence-corrected chi connectivity index (χ2v) is 7.22. The molecule has 8 heteroatoms. The average molecular weight is 511 g/mol. The summed E-state index contributed by atoms with van der Waals surface area (Å²) in [5, 5.41) is 6.58. The van der Waals surface area contributed by atoms with Crippen LogP contribution in [0.3, 0.4) is 0 Å². The lowest BCUT2D eigenvalue weighted by molar-refractivity contribution is 0.0888. The summed E-state index contributed by atoms with van der Waals surface area (Å²) in [4.78, 5) is 4.23. The van der Waals surface area contributed by atoms with Crippen LogP contribution in [0, 0.1) is 11.7 Å². The highest BCUT2D eigenvalue weighted by atomic mass is 127. The van der Waals surface area contributed by atoms with E-state index in [0.29, 0.717) is 12.5 Å². The molecule has 1 atom stereocenters. The first-order chi connectivity index (χ1) is 12.7. The van der Waals surface area contributed by atoms with Crippen molar-refractivity contribution in [3.05, 3.63) is 35.1 Å². The molecule has 1 heterocycles. The standard InChI is InChI=1S/C19H30FN3O2S.HI/c1-21-19(22-7-3-8-24-12-15-6-9-25-13-15)23-11-16-4-5-18(20)10-17(16)14-26-2;/h4-5,10,15H,3,6-9,11-14H2,1-2H3,(H2,21,22,23);1H. The largest absolute Gasteiger partial charge is 0.381 e. The minimum atomic E-state index is -0.190. The van der Waals surface area contributed by atoms with Crippen LogP contribution < -0.4 is 10.6 Å². The zero-order valence-electron chi connectivity index (χ0n) is 16.1.